The lowest BCUT2D eigenvalue weighted by atomic mass is 10.0. The number of methoxy groups -OCH3 is 2. The summed E-state index contributed by atoms with van der Waals surface area (Å²) in [4.78, 5) is 2.33. The molecule has 3 rings (SSSR count). The summed E-state index contributed by atoms with van der Waals surface area (Å²) in [5.74, 6) is 2.01. The van der Waals surface area contributed by atoms with Gasteiger partial charge in [-0.25, -0.2) is 0 Å². The van der Waals surface area contributed by atoms with E-state index in [4.69, 9.17) is 18.9 Å². The van der Waals surface area contributed by atoms with E-state index in [1.54, 1.807) is 14.2 Å². The molecule has 5 heteroatoms. The molecule has 0 atom stereocenters. The van der Waals surface area contributed by atoms with E-state index in [2.05, 4.69) is 17.0 Å². The summed E-state index contributed by atoms with van der Waals surface area (Å²) in [7, 11) is 3.30. The fourth-order valence-electron chi connectivity index (χ4n) is 2.92. The predicted octanol–water partition coefficient (Wildman–Crippen LogP) is 3.08. The fourth-order valence-corrected chi connectivity index (χ4v) is 2.92. The first-order chi connectivity index (χ1) is 12.3. The highest BCUT2D eigenvalue weighted by atomic mass is 16.5. The molecule has 25 heavy (non-hydrogen) atoms. The Kier molecular flexibility index (Phi) is 6.14. The average molecular weight is 343 g/mol. The molecule has 134 valence electrons. The molecule has 2 aromatic rings. The van der Waals surface area contributed by atoms with Crippen LogP contribution < -0.4 is 14.2 Å². The number of benzene rings is 2. The summed E-state index contributed by atoms with van der Waals surface area (Å²) in [6.07, 6.45) is 0. The maximum absolute atomic E-state index is 6.01. The molecule has 0 unspecified atom stereocenters. The molecule has 0 N–H and O–H groups in total. The second-order valence-electron chi connectivity index (χ2n) is 5.88. The lowest BCUT2D eigenvalue weighted by Crippen LogP contribution is -2.38. The molecule has 0 aromatic heterocycles. The van der Waals surface area contributed by atoms with Crippen molar-refractivity contribution in [2.24, 2.45) is 0 Å². The van der Waals surface area contributed by atoms with Crippen molar-refractivity contribution >= 4 is 0 Å². The molecule has 0 radical (unpaired) electrons. The third-order valence-electron chi connectivity index (χ3n) is 4.33. The topological polar surface area (TPSA) is 40.2 Å². The Bertz CT molecular complexity index is 644. The van der Waals surface area contributed by atoms with Crippen LogP contribution in [0.15, 0.2) is 42.5 Å². The SMILES string of the molecule is COc1cc(-c2ccccc2)cc(OC)c1OCCN1CCOCC1. The van der Waals surface area contributed by atoms with Crippen LogP contribution in [0.25, 0.3) is 11.1 Å². The summed E-state index contributed by atoms with van der Waals surface area (Å²) in [6.45, 7) is 4.92. The lowest BCUT2D eigenvalue weighted by molar-refractivity contribution is 0.0319. The van der Waals surface area contributed by atoms with Gasteiger partial charge < -0.3 is 18.9 Å². The minimum absolute atomic E-state index is 0.581. The lowest BCUT2D eigenvalue weighted by Gasteiger charge is -2.26. The average Bonchev–Trinajstić information content (AvgIpc) is 2.69. The quantitative estimate of drug-likeness (QED) is 0.773. The molecule has 1 aliphatic heterocycles. The minimum Gasteiger partial charge on any atom is -0.493 e. The van der Waals surface area contributed by atoms with Crippen molar-refractivity contribution in [2.45, 2.75) is 0 Å². The summed E-state index contributed by atoms with van der Waals surface area (Å²) < 4.78 is 22.5. The van der Waals surface area contributed by atoms with Gasteiger partial charge in [0.05, 0.1) is 27.4 Å². The van der Waals surface area contributed by atoms with Crippen molar-refractivity contribution in [1.29, 1.82) is 0 Å². The van der Waals surface area contributed by atoms with Gasteiger partial charge in [0.2, 0.25) is 5.75 Å². The van der Waals surface area contributed by atoms with Gasteiger partial charge in [-0.1, -0.05) is 30.3 Å². The fraction of sp³-hybridized carbons (Fsp3) is 0.400. The van der Waals surface area contributed by atoms with Gasteiger partial charge in [-0.2, -0.15) is 0 Å². The highest BCUT2D eigenvalue weighted by molar-refractivity contribution is 5.71. The van der Waals surface area contributed by atoms with E-state index in [1.807, 2.05) is 30.3 Å². The van der Waals surface area contributed by atoms with E-state index < -0.39 is 0 Å². The normalized spacial score (nSPS) is 15.0. The summed E-state index contributed by atoms with van der Waals surface area (Å²) >= 11 is 0. The highest BCUT2D eigenvalue weighted by Gasteiger charge is 2.16. The molecule has 5 nitrogen and oxygen atoms in total. The molecule has 1 saturated heterocycles. The van der Waals surface area contributed by atoms with Crippen LogP contribution in [0.3, 0.4) is 0 Å². The number of rotatable bonds is 7. The first-order valence-corrected chi connectivity index (χ1v) is 8.56. The van der Waals surface area contributed by atoms with E-state index in [-0.39, 0.29) is 0 Å². The maximum Gasteiger partial charge on any atom is 0.203 e. The van der Waals surface area contributed by atoms with Gasteiger partial charge in [-0.15, -0.1) is 0 Å². The Hall–Kier alpha value is -2.24. The summed E-state index contributed by atoms with van der Waals surface area (Å²) in [5, 5.41) is 0. The molecule has 0 amide bonds. The van der Waals surface area contributed by atoms with E-state index in [0.29, 0.717) is 23.9 Å². The van der Waals surface area contributed by atoms with Crippen LogP contribution >= 0.6 is 0 Å². The van der Waals surface area contributed by atoms with E-state index in [1.165, 1.54) is 0 Å². The summed E-state index contributed by atoms with van der Waals surface area (Å²) in [6, 6.07) is 14.1. The van der Waals surface area contributed by atoms with E-state index in [0.717, 1.165) is 44.0 Å². The molecule has 0 saturated carbocycles. The van der Waals surface area contributed by atoms with Gasteiger partial charge >= 0.3 is 0 Å². The van der Waals surface area contributed by atoms with E-state index >= 15 is 0 Å². The predicted molar refractivity (Wildman–Crippen MR) is 97.7 cm³/mol. The van der Waals surface area contributed by atoms with Crippen molar-refractivity contribution in [3.8, 4) is 28.4 Å². The zero-order valence-electron chi connectivity index (χ0n) is 14.9. The molecule has 2 aromatic carbocycles. The van der Waals surface area contributed by atoms with E-state index in [9.17, 15) is 0 Å². The molecular formula is C20H25NO4. The molecule has 1 aliphatic rings. The third-order valence-corrected chi connectivity index (χ3v) is 4.33. The minimum atomic E-state index is 0.581. The van der Waals surface area contributed by atoms with Crippen molar-refractivity contribution in [2.75, 3.05) is 53.7 Å². The molecule has 0 bridgehead atoms. The van der Waals surface area contributed by atoms with Crippen LogP contribution in [0.5, 0.6) is 17.2 Å². The van der Waals surface area contributed by atoms with Gasteiger partial charge in [0.1, 0.15) is 6.61 Å². The Balaban J connectivity index is 1.75. The standard InChI is InChI=1S/C20H25NO4/c1-22-18-14-17(16-6-4-3-5-7-16)15-19(23-2)20(18)25-13-10-21-8-11-24-12-9-21/h3-7,14-15H,8-13H2,1-2H3. The van der Waals surface area contributed by atoms with Crippen molar-refractivity contribution in [3.05, 3.63) is 42.5 Å². The van der Waals surface area contributed by atoms with Crippen LogP contribution in [0, 0.1) is 0 Å². The Labute approximate surface area is 149 Å². The number of nitrogens with zero attached hydrogens (tertiary/aromatic N) is 1. The molecule has 0 aliphatic carbocycles. The monoisotopic (exact) mass is 343 g/mol. The molecule has 0 spiro atoms. The van der Waals surface area contributed by atoms with Gasteiger partial charge in [-0.3, -0.25) is 4.90 Å². The molecule has 1 fully saturated rings. The van der Waals surface area contributed by atoms with Gasteiger partial charge in [0.25, 0.3) is 0 Å². The van der Waals surface area contributed by atoms with Crippen molar-refractivity contribution in [1.82, 2.24) is 4.90 Å². The van der Waals surface area contributed by atoms with Crippen molar-refractivity contribution in [3.63, 3.8) is 0 Å². The number of hydrogen-bond acceptors (Lipinski definition) is 5. The van der Waals surface area contributed by atoms with Crippen molar-refractivity contribution < 1.29 is 18.9 Å². The zero-order valence-corrected chi connectivity index (χ0v) is 14.9. The van der Waals surface area contributed by atoms with Gasteiger partial charge in [0, 0.05) is 19.6 Å². The highest BCUT2D eigenvalue weighted by Crippen LogP contribution is 2.41. The molecule has 1 heterocycles. The van der Waals surface area contributed by atoms with Gasteiger partial charge in [-0.05, 0) is 23.3 Å². The third kappa shape index (κ3) is 4.44. The summed E-state index contributed by atoms with van der Waals surface area (Å²) in [5.41, 5.74) is 2.15. The Morgan fingerprint density at radius 3 is 2.16 bits per heavy atom. The number of hydrogen-bond donors (Lipinski definition) is 0. The van der Waals surface area contributed by atoms with Gasteiger partial charge in [0.15, 0.2) is 11.5 Å². The second-order valence-corrected chi connectivity index (χ2v) is 5.88. The largest absolute Gasteiger partial charge is 0.493 e. The number of ether oxygens (including phenoxy) is 4. The Morgan fingerprint density at radius 2 is 1.56 bits per heavy atom. The first kappa shape index (κ1) is 17.6. The van der Waals surface area contributed by atoms with Crippen LogP contribution in [0.4, 0.5) is 0 Å². The Morgan fingerprint density at radius 1 is 0.920 bits per heavy atom. The van der Waals surface area contributed by atoms with Crippen LogP contribution in [-0.4, -0.2) is 58.6 Å². The van der Waals surface area contributed by atoms with Crippen LogP contribution in [-0.2, 0) is 4.74 Å². The van der Waals surface area contributed by atoms with Crippen LogP contribution in [0.2, 0.25) is 0 Å². The first-order valence-electron chi connectivity index (χ1n) is 8.56. The van der Waals surface area contributed by atoms with Crippen LogP contribution in [0.1, 0.15) is 0 Å². The zero-order chi connectivity index (χ0) is 17.5. The second kappa shape index (κ2) is 8.74. The molecular weight excluding hydrogens is 318 g/mol. The smallest absolute Gasteiger partial charge is 0.203 e. The maximum atomic E-state index is 6.01. The number of morpholine rings is 1.